The topological polar surface area (TPSA) is 99.2 Å². The van der Waals surface area contributed by atoms with Crippen molar-refractivity contribution in [3.8, 4) is 10.6 Å². The molecule has 1 aromatic heterocycles. The van der Waals surface area contributed by atoms with Crippen LogP contribution in [0.5, 0.6) is 0 Å². The number of amides is 3. The number of carbonyl (C=O) groups is 2. The molecule has 9 heteroatoms. The Hall–Kier alpha value is -4.24. The van der Waals surface area contributed by atoms with Gasteiger partial charge in [0.05, 0.1) is 0 Å². The number of nitrogens with one attached hydrogen (secondary N) is 3. The summed E-state index contributed by atoms with van der Waals surface area (Å²) in [5.41, 5.74) is 4.53. The summed E-state index contributed by atoms with van der Waals surface area (Å²) in [7, 11) is 3.96. The van der Waals surface area contributed by atoms with Crippen molar-refractivity contribution >= 4 is 39.8 Å². The van der Waals surface area contributed by atoms with Gasteiger partial charge in [0.15, 0.2) is 0 Å². The molecule has 3 N–H and O–H groups in total. The molecule has 0 bridgehead atoms. The lowest BCUT2D eigenvalue weighted by Gasteiger charge is -2.18. The predicted octanol–water partition coefficient (Wildman–Crippen LogP) is 4.95. The summed E-state index contributed by atoms with van der Waals surface area (Å²) in [6.45, 7) is 1.91. The molecular formula is C27H28N6O2S. The first-order valence-electron chi connectivity index (χ1n) is 11.5. The van der Waals surface area contributed by atoms with Gasteiger partial charge in [-0.15, -0.1) is 10.2 Å². The first kappa shape index (κ1) is 24.9. The van der Waals surface area contributed by atoms with Crippen LogP contribution in [0.4, 0.5) is 21.3 Å². The van der Waals surface area contributed by atoms with Crippen molar-refractivity contribution in [1.82, 2.24) is 15.5 Å². The normalized spacial score (nSPS) is 11.4. The van der Waals surface area contributed by atoms with Crippen molar-refractivity contribution in [2.75, 3.05) is 29.6 Å². The van der Waals surface area contributed by atoms with Crippen molar-refractivity contribution in [3.63, 3.8) is 0 Å². The van der Waals surface area contributed by atoms with Gasteiger partial charge in [-0.25, -0.2) is 4.79 Å². The minimum Gasteiger partial charge on any atom is -0.378 e. The van der Waals surface area contributed by atoms with Crippen molar-refractivity contribution in [1.29, 1.82) is 0 Å². The first-order chi connectivity index (χ1) is 17.4. The minimum absolute atomic E-state index is 0.325. The molecule has 3 amide bonds. The van der Waals surface area contributed by atoms with Crippen LogP contribution in [0, 0.1) is 6.92 Å². The van der Waals surface area contributed by atoms with Crippen LogP contribution >= 0.6 is 11.3 Å². The third-order valence-electron chi connectivity index (χ3n) is 5.58. The number of rotatable bonds is 8. The number of aryl methyl sites for hydroxylation is 1. The fourth-order valence-corrected chi connectivity index (χ4v) is 4.33. The van der Waals surface area contributed by atoms with Gasteiger partial charge in [-0.1, -0.05) is 59.9 Å². The van der Waals surface area contributed by atoms with Crippen LogP contribution in [0.3, 0.4) is 0 Å². The second-order valence-electron chi connectivity index (χ2n) is 8.50. The molecule has 0 radical (unpaired) electrons. The van der Waals surface area contributed by atoms with Gasteiger partial charge in [0.2, 0.25) is 11.0 Å². The fraction of sp³-hybridized carbons (Fsp3) is 0.185. The lowest BCUT2D eigenvalue weighted by Crippen LogP contribution is -2.47. The van der Waals surface area contributed by atoms with Crippen molar-refractivity contribution in [3.05, 3.63) is 90.0 Å². The molecule has 1 heterocycles. The molecule has 0 saturated heterocycles. The Morgan fingerprint density at radius 2 is 1.58 bits per heavy atom. The van der Waals surface area contributed by atoms with Crippen LogP contribution < -0.4 is 20.9 Å². The Bertz CT molecular complexity index is 1320. The predicted molar refractivity (Wildman–Crippen MR) is 146 cm³/mol. The molecular weight excluding hydrogens is 472 g/mol. The summed E-state index contributed by atoms with van der Waals surface area (Å²) in [5, 5.41) is 17.9. The minimum atomic E-state index is -0.817. The number of hydrogen-bond donors (Lipinski definition) is 3. The molecule has 0 aliphatic heterocycles. The monoisotopic (exact) mass is 500 g/mol. The molecule has 0 aliphatic carbocycles. The fourth-order valence-electron chi connectivity index (χ4n) is 3.57. The molecule has 0 spiro atoms. The maximum Gasteiger partial charge on any atom is 0.319 e. The van der Waals surface area contributed by atoms with Crippen molar-refractivity contribution in [2.45, 2.75) is 19.4 Å². The second kappa shape index (κ2) is 11.5. The van der Waals surface area contributed by atoms with E-state index in [4.69, 9.17) is 0 Å². The van der Waals surface area contributed by atoms with E-state index in [2.05, 4.69) is 26.1 Å². The van der Waals surface area contributed by atoms with Crippen LogP contribution in [0.2, 0.25) is 0 Å². The summed E-state index contributed by atoms with van der Waals surface area (Å²) in [4.78, 5) is 28.0. The van der Waals surface area contributed by atoms with Gasteiger partial charge < -0.3 is 15.5 Å². The standard InChI is InChI=1S/C27H28N6O2S/c1-18-9-7-8-12-22(18)28-26(35)29-23(17-19-10-5-4-6-11-19)24(34)30-27-32-31-25(36-27)20-13-15-21(16-14-20)33(2)3/h4-16,23H,17H2,1-3H3,(H2,28,29,35)(H,30,32,34). The molecule has 0 aliphatic rings. The Morgan fingerprint density at radius 1 is 0.889 bits per heavy atom. The van der Waals surface area contributed by atoms with Gasteiger partial charge in [-0.2, -0.15) is 0 Å². The summed E-state index contributed by atoms with van der Waals surface area (Å²) in [6.07, 6.45) is 0.325. The largest absolute Gasteiger partial charge is 0.378 e. The number of aromatic nitrogens is 2. The Labute approximate surface area is 214 Å². The van der Waals surface area contributed by atoms with Crippen molar-refractivity contribution in [2.24, 2.45) is 0 Å². The van der Waals surface area contributed by atoms with E-state index in [0.717, 1.165) is 22.4 Å². The maximum atomic E-state index is 13.2. The summed E-state index contributed by atoms with van der Waals surface area (Å²) in [5.74, 6) is -0.371. The quantitative estimate of drug-likeness (QED) is 0.318. The van der Waals surface area contributed by atoms with E-state index < -0.39 is 12.1 Å². The van der Waals surface area contributed by atoms with Gasteiger partial charge in [0.25, 0.3) is 0 Å². The molecule has 1 unspecified atom stereocenters. The molecule has 0 fully saturated rings. The van der Waals surface area contributed by atoms with Crippen LogP contribution in [-0.2, 0) is 11.2 Å². The van der Waals surface area contributed by atoms with Gasteiger partial charge >= 0.3 is 6.03 Å². The van der Waals surface area contributed by atoms with E-state index in [-0.39, 0.29) is 5.91 Å². The third kappa shape index (κ3) is 6.45. The third-order valence-corrected chi connectivity index (χ3v) is 6.47. The number of urea groups is 1. The zero-order chi connectivity index (χ0) is 25.5. The van der Waals surface area contributed by atoms with Crippen LogP contribution in [0.15, 0.2) is 78.9 Å². The number of carbonyl (C=O) groups excluding carboxylic acids is 2. The van der Waals surface area contributed by atoms with Gasteiger partial charge in [0.1, 0.15) is 11.0 Å². The molecule has 36 heavy (non-hydrogen) atoms. The molecule has 8 nitrogen and oxygen atoms in total. The SMILES string of the molecule is Cc1ccccc1NC(=O)NC(Cc1ccccc1)C(=O)Nc1nnc(-c2ccc(N(C)C)cc2)s1. The Morgan fingerprint density at radius 3 is 2.28 bits per heavy atom. The molecule has 3 aromatic carbocycles. The molecule has 1 atom stereocenters. The van der Waals surface area contributed by atoms with Crippen LogP contribution in [0.1, 0.15) is 11.1 Å². The van der Waals surface area contributed by atoms with E-state index in [1.54, 1.807) is 0 Å². The van der Waals surface area contributed by atoms with E-state index in [9.17, 15) is 9.59 Å². The van der Waals surface area contributed by atoms with Crippen LogP contribution in [0.25, 0.3) is 10.6 Å². The number of anilines is 3. The highest BCUT2D eigenvalue weighted by Gasteiger charge is 2.23. The number of hydrogen-bond acceptors (Lipinski definition) is 6. The van der Waals surface area contributed by atoms with Gasteiger partial charge in [-0.3, -0.25) is 10.1 Å². The van der Waals surface area contributed by atoms with E-state index in [1.165, 1.54) is 11.3 Å². The smallest absolute Gasteiger partial charge is 0.319 e. The molecule has 4 aromatic rings. The highest BCUT2D eigenvalue weighted by atomic mass is 32.1. The molecule has 4 rings (SSSR count). The van der Waals surface area contributed by atoms with Crippen LogP contribution in [-0.4, -0.2) is 42.3 Å². The van der Waals surface area contributed by atoms with E-state index in [1.807, 2.05) is 105 Å². The highest BCUT2D eigenvalue weighted by molar-refractivity contribution is 7.18. The number of benzene rings is 3. The lowest BCUT2D eigenvalue weighted by atomic mass is 10.1. The molecule has 184 valence electrons. The summed E-state index contributed by atoms with van der Waals surface area (Å²) in [6, 6.07) is 23.7. The number of nitrogens with zero attached hydrogens (tertiary/aromatic N) is 3. The zero-order valence-corrected chi connectivity index (χ0v) is 21.2. The van der Waals surface area contributed by atoms with Gasteiger partial charge in [0, 0.05) is 37.5 Å². The van der Waals surface area contributed by atoms with E-state index in [0.29, 0.717) is 22.2 Å². The molecule has 0 saturated carbocycles. The zero-order valence-electron chi connectivity index (χ0n) is 20.4. The lowest BCUT2D eigenvalue weighted by molar-refractivity contribution is -0.117. The maximum absolute atomic E-state index is 13.2. The van der Waals surface area contributed by atoms with Crippen molar-refractivity contribution < 1.29 is 9.59 Å². The highest BCUT2D eigenvalue weighted by Crippen LogP contribution is 2.28. The summed E-state index contributed by atoms with van der Waals surface area (Å²) < 4.78 is 0. The van der Waals surface area contributed by atoms with E-state index >= 15 is 0 Å². The Kier molecular flexibility index (Phi) is 7.92. The van der Waals surface area contributed by atoms with Gasteiger partial charge in [-0.05, 0) is 48.4 Å². The number of para-hydroxylation sites is 1. The second-order valence-corrected chi connectivity index (χ2v) is 9.48. The Balaban J connectivity index is 1.47. The average molecular weight is 501 g/mol. The average Bonchev–Trinajstić information content (AvgIpc) is 3.34. The summed E-state index contributed by atoms with van der Waals surface area (Å²) >= 11 is 1.28. The first-order valence-corrected chi connectivity index (χ1v) is 12.3.